The summed E-state index contributed by atoms with van der Waals surface area (Å²) in [5, 5.41) is 1.35. The fraction of sp³-hybridized carbons (Fsp3) is 0.182. The van der Waals surface area contributed by atoms with Gasteiger partial charge in [-0.2, -0.15) is 0 Å². The Balaban J connectivity index is 2.27. The maximum absolute atomic E-state index is 11.1. The van der Waals surface area contributed by atoms with Gasteiger partial charge in [-0.3, -0.25) is 4.79 Å². The quantitative estimate of drug-likeness (QED) is 0.794. The van der Waals surface area contributed by atoms with E-state index in [1.54, 1.807) is 6.20 Å². The molecular formula is C11H12N4OS. The number of pyridine rings is 1. The van der Waals surface area contributed by atoms with Crippen molar-refractivity contribution in [1.29, 1.82) is 0 Å². The highest BCUT2D eigenvalue weighted by molar-refractivity contribution is 7.99. The van der Waals surface area contributed by atoms with Crippen LogP contribution >= 0.6 is 11.8 Å². The summed E-state index contributed by atoms with van der Waals surface area (Å²) in [6.07, 6.45) is 3.21. The molecule has 0 saturated heterocycles. The number of aromatic nitrogens is 3. The minimum Gasteiger partial charge on any atom is -0.326 e. The van der Waals surface area contributed by atoms with Crippen molar-refractivity contribution in [3.05, 3.63) is 46.0 Å². The third-order valence-corrected chi connectivity index (χ3v) is 3.19. The zero-order chi connectivity index (χ0) is 12.3. The molecule has 0 fully saturated rings. The van der Waals surface area contributed by atoms with Crippen LogP contribution in [0.1, 0.15) is 11.1 Å². The summed E-state index contributed by atoms with van der Waals surface area (Å²) in [5.41, 5.74) is 7.37. The van der Waals surface area contributed by atoms with Crippen LogP contribution in [0.25, 0.3) is 0 Å². The highest BCUT2D eigenvalue weighted by atomic mass is 32.2. The molecule has 2 rings (SSSR count). The van der Waals surface area contributed by atoms with Crippen molar-refractivity contribution in [2.75, 3.05) is 0 Å². The highest BCUT2D eigenvalue weighted by Crippen LogP contribution is 2.24. The Labute approximate surface area is 103 Å². The van der Waals surface area contributed by atoms with Crippen LogP contribution in [0.2, 0.25) is 0 Å². The third-order valence-electron chi connectivity index (χ3n) is 2.16. The van der Waals surface area contributed by atoms with E-state index in [-0.39, 0.29) is 5.56 Å². The molecule has 0 aliphatic carbocycles. The summed E-state index contributed by atoms with van der Waals surface area (Å²) >= 11 is 1.33. The Kier molecular flexibility index (Phi) is 3.55. The summed E-state index contributed by atoms with van der Waals surface area (Å²) in [4.78, 5) is 22.1. The van der Waals surface area contributed by atoms with Gasteiger partial charge in [0.15, 0.2) is 5.16 Å². The van der Waals surface area contributed by atoms with E-state index >= 15 is 0 Å². The Morgan fingerprint density at radius 1 is 1.47 bits per heavy atom. The molecule has 0 spiro atoms. The van der Waals surface area contributed by atoms with Crippen LogP contribution in [0.4, 0.5) is 0 Å². The van der Waals surface area contributed by atoms with E-state index in [1.165, 1.54) is 24.0 Å². The Bertz CT molecular complexity index is 582. The Hall–Kier alpha value is -1.66. The van der Waals surface area contributed by atoms with Crippen LogP contribution in [0.3, 0.4) is 0 Å². The Morgan fingerprint density at radius 2 is 2.29 bits per heavy atom. The van der Waals surface area contributed by atoms with Gasteiger partial charge in [0.2, 0.25) is 0 Å². The standard InChI is InChI=1S/C11H12N4OS/c1-7-4-8(5-12)6-14-10(7)17-11-13-3-2-9(16)15-11/h2-4,6H,5,12H2,1H3,(H,13,15,16). The van der Waals surface area contributed by atoms with Crippen molar-refractivity contribution < 1.29 is 0 Å². The molecule has 2 aromatic heterocycles. The first kappa shape index (κ1) is 11.8. The lowest BCUT2D eigenvalue weighted by Gasteiger charge is -2.05. The topological polar surface area (TPSA) is 84.7 Å². The fourth-order valence-electron chi connectivity index (χ4n) is 1.33. The van der Waals surface area contributed by atoms with Gasteiger partial charge in [-0.15, -0.1) is 0 Å². The molecule has 0 aromatic carbocycles. The van der Waals surface area contributed by atoms with E-state index in [4.69, 9.17) is 5.73 Å². The lowest BCUT2D eigenvalue weighted by molar-refractivity contribution is 0.925. The summed E-state index contributed by atoms with van der Waals surface area (Å²) in [7, 11) is 0. The van der Waals surface area contributed by atoms with Crippen molar-refractivity contribution in [3.8, 4) is 0 Å². The molecule has 0 amide bonds. The molecular weight excluding hydrogens is 236 g/mol. The molecule has 0 aliphatic heterocycles. The summed E-state index contributed by atoms with van der Waals surface area (Å²) in [6.45, 7) is 2.43. The highest BCUT2D eigenvalue weighted by Gasteiger charge is 2.05. The molecule has 6 heteroatoms. The summed E-state index contributed by atoms with van der Waals surface area (Å²) in [5.74, 6) is 0. The zero-order valence-corrected chi connectivity index (χ0v) is 10.1. The van der Waals surface area contributed by atoms with Crippen LogP contribution in [0.5, 0.6) is 0 Å². The summed E-state index contributed by atoms with van der Waals surface area (Å²) in [6, 6.07) is 3.36. The first-order valence-electron chi connectivity index (χ1n) is 5.08. The predicted octanol–water partition coefficient (Wildman–Crippen LogP) is 1.08. The molecule has 2 aromatic rings. The fourth-order valence-corrected chi connectivity index (χ4v) is 2.11. The number of H-pyrrole nitrogens is 1. The summed E-state index contributed by atoms with van der Waals surface area (Å²) < 4.78 is 0. The van der Waals surface area contributed by atoms with Gasteiger partial charge < -0.3 is 10.7 Å². The van der Waals surface area contributed by atoms with Crippen LogP contribution in [0, 0.1) is 6.92 Å². The molecule has 0 unspecified atom stereocenters. The maximum atomic E-state index is 11.1. The van der Waals surface area contributed by atoms with E-state index in [0.29, 0.717) is 11.7 Å². The average Bonchev–Trinajstić information content (AvgIpc) is 2.32. The second kappa shape index (κ2) is 5.11. The molecule has 3 N–H and O–H groups in total. The number of nitrogens with zero attached hydrogens (tertiary/aromatic N) is 2. The third kappa shape index (κ3) is 2.92. The van der Waals surface area contributed by atoms with Crippen molar-refractivity contribution >= 4 is 11.8 Å². The number of rotatable bonds is 3. The molecule has 5 nitrogen and oxygen atoms in total. The van der Waals surface area contributed by atoms with Crippen LogP contribution in [-0.4, -0.2) is 15.0 Å². The van der Waals surface area contributed by atoms with Crippen LogP contribution in [0.15, 0.2) is 39.5 Å². The molecule has 0 saturated carbocycles. The van der Waals surface area contributed by atoms with Gasteiger partial charge in [-0.1, -0.05) is 6.07 Å². The van der Waals surface area contributed by atoms with Gasteiger partial charge in [0.25, 0.3) is 5.56 Å². The number of hydrogen-bond acceptors (Lipinski definition) is 5. The number of hydrogen-bond donors (Lipinski definition) is 2. The lowest BCUT2D eigenvalue weighted by atomic mass is 10.2. The second-order valence-electron chi connectivity index (χ2n) is 3.51. The van der Waals surface area contributed by atoms with Crippen molar-refractivity contribution in [1.82, 2.24) is 15.0 Å². The molecule has 0 radical (unpaired) electrons. The minimum absolute atomic E-state index is 0.168. The lowest BCUT2D eigenvalue weighted by Crippen LogP contribution is -2.05. The number of aryl methyl sites for hydroxylation is 1. The van der Waals surface area contributed by atoms with E-state index in [2.05, 4.69) is 15.0 Å². The SMILES string of the molecule is Cc1cc(CN)cnc1Sc1nccc(=O)[nH]1. The average molecular weight is 248 g/mol. The van der Waals surface area contributed by atoms with Gasteiger partial charge in [-0.25, -0.2) is 9.97 Å². The van der Waals surface area contributed by atoms with E-state index in [1.807, 2.05) is 13.0 Å². The normalized spacial score (nSPS) is 10.5. The van der Waals surface area contributed by atoms with Crippen molar-refractivity contribution in [3.63, 3.8) is 0 Å². The van der Waals surface area contributed by atoms with E-state index < -0.39 is 0 Å². The molecule has 0 bridgehead atoms. The van der Waals surface area contributed by atoms with Crippen LogP contribution in [-0.2, 0) is 6.54 Å². The van der Waals surface area contributed by atoms with Gasteiger partial charge in [0, 0.05) is 25.0 Å². The second-order valence-corrected chi connectivity index (χ2v) is 4.49. The monoisotopic (exact) mass is 248 g/mol. The number of nitrogens with one attached hydrogen (secondary N) is 1. The van der Waals surface area contributed by atoms with E-state index in [9.17, 15) is 4.79 Å². The van der Waals surface area contributed by atoms with Gasteiger partial charge in [0.1, 0.15) is 5.03 Å². The molecule has 88 valence electrons. The first-order valence-corrected chi connectivity index (χ1v) is 5.89. The molecule has 0 atom stereocenters. The zero-order valence-electron chi connectivity index (χ0n) is 9.30. The Morgan fingerprint density at radius 3 is 2.94 bits per heavy atom. The minimum atomic E-state index is -0.168. The molecule has 17 heavy (non-hydrogen) atoms. The van der Waals surface area contributed by atoms with Gasteiger partial charge in [0.05, 0.1) is 0 Å². The van der Waals surface area contributed by atoms with E-state index in [0.717, 1.165) is 16.2 Å². The maximum Gasteiger partial charge on any atom is 0.251 e. The number of aromatic amines is 1. The number of nitrogens with two attached hydrogens (primary N) is 1. The smallest absolute Gasteiger partial charge is 0.251 e. The van der Waals surface area contributed by atoms with Crippen molar-refractivity contribution in [2.45, 2.75) is 23.7 Å². The first-order chi connectivity index (χ1) is 8.19. The molecule has 0 aliphatic rings. The van der Waals surface area contributed by atoms with Crippen molar-refractivity contribution in [2.24, 2.45) is 5.73 Å². The van der Waals surface area contributed by atoms with Gasteiger partial charge in [-0.05, 0) is 29.8 Å². The van der Waals surface area contributed by atoms with Crippen LogP contribution < -0.4 is 11.3 Å². The van der Waals surface area contributed by atoms with Gasteiger partial charge >= 0.3 is 0 Å². The molecule has 2 heterocycles. The largest absolute Gasteiger partial charge is 0.326 e. The predicted molar refractivity (Wildman–Crippen MR) is 65.8 cm³/mol.